The third kappa shape index (κ3) is 2.73. The van der Waals surface area contributed by atoms with Crippen LogP contribution in [0.25, 0.3) is 0 Å². The summed E-state index contributed by atoms with van der Waals surface area (Å²) in [6.07, 6.45) is 2.36. The summed E-state index contributed by atoms with van der Waals surface area (Å²) in [5.41, 5.74) is -0.141. The third-order valence-corrected chi connectivity index (χ3v) is 3.11. The number of nitrogens with zero attached hydrogens (tertiary/aromatic N) is 2. The Bertz CT molecular complexity index is 293. The number of nitrogens with one attached hydrogen (secondary N) is 1. The van der Waals surface area contributed by atoms with Gasteiger partial charge in [-0.3, -0.25) is 4.79 Å². The van der Waals surface area contributed by atoms with Crippen molar-refractivity contribution in [2.45, 2.75) is 51.6 Å². The lowest BCUT2D eigenvalue weighted by Crippen LogP contribution is -2.65. The second-order valence-electron chi connectivity index (χ2n) is 4.95. The zero-order valence-electron chi connectivity index (χ0n) is 10.4. The standard InChI is InChI=1S/C12H21N3O/c1-4-5-8-15-11(16)10(6-7-13)14-9-12(15,2)3/h10,14H,4-6,8-9H2,1-3H3. The number of amides is 1. The lowest BCUT2D eigenvalue weighted by atomic mass is 9.95. The predicted octanol–water partition coefficient (Wildman–Crippen LogP) is 1.28. The molecule has 1 N–H and O–H groups in total. The number of carbonyl (C=O) groups is 1. The van der Waals surface area contributed by atoms with Crippen LogP contribution in [0.2, 0.25) is 0 Å². The highest BCUT2D eigenvalue weighted by atomic mass is 16.2. The van der Waals surface area contributed by atoms with Crippen molar-refractivity contribution in [3.05, 3.63) is 0 Å². The van der Waals surface area contributed by atoms with E-state index in [1.54, 1.807) is 0 Å². The Morgan fingerprint density at radius 1 is 1.62 bits per heavy atom. The molecule has 4 nitrogen and oxygen atoms in total. The molecule has 90 valence electrons. The molecule has 0 aromatic rings. The maximum Gasteiger partial charge on any atom is 0.241 e. The van der Waals surface area contributed by atoms with Crippen molar-refractivity contribution < 1.29 is 4.79 Å². The van der Waals surface area contributed by atoms with Crippen LogP contribution in [-0.2, 0) is 4.79 Å². The zero-order chi connectivity index (χ0) is 12.2. The van der Waals surface area contributed by atoms with Crippen molar-refractivity contribution in [1.29, 1.82) is 5.26 Å². The van der Waals surface area contributed by atoms with Crippen LogP contribution in [-0.4, -0.2) is 35.5 Å². The Morgan fingerprint density at radius 3 is 2.88 bits per heavy atom. The minimum absolute atomic E-state index is 0.0752. The SMILES string of the molecule is CCCCN1C(=O)C(CC#N)NCC1(C)C. The number of rotatable bonds is 4. The first-order valence-corrected chi connectivity index (χ1v) is 5.94. The summed E-state index contributed by atoms with van der Waals surface area (Å²) >= 11 is 0. The average Bonchev–Trinajstić information content (AvgIpc) is 2.22. The predicted molar refractivity (Wildman–Crippen MR) is 62.7 cm³/mol. The minimum Gasteiger partial charge on any atom is -0.335 e. The molecule has 1 saturated heterocycles. The molecule has 4 heteroatoms. The van der Waals surface area contributed by atoms with Gasteiger partial charge in [0.15, 0.2) is 0 Å². The van der Waals surface area contributed by atoms with Crippen molar-refractivity contribution in [1.82, 2.24) is 10.2 Å². The quantitative estimate of drug-likeness (QED) is 0.781. The summed E-state index contributed by atoms with van der Waals surface area (Å²) in [6, 6.07) is 1.75. The van der Waals surface area contributed by atoms with E-state index in [9.17, 15) is 4.79 Å². The lowest BCUT2D eigenvalue weighted by molar-refractivity contribution is -0.142. The highest BCUT2D eigenvalue weighted by molar-refractivity contribution is 5.83. The first-order chi connectivity index (χ1) is 7.53. The van der Waals surface area contributed by atoms with E-state index >= 15 is 0 Å². The molecule has 1 amide bonds. The summed E-state index contributed by atoms with van der Waals surface area (Å²) in [4.78, 5) is 14.1. The number of nitriles is 1. The fraction of sp³-hybridized carbons (Fsp3) is 0.833. The van der Waals surface area contributed by atoms with E-state index in [1.165, 1.54) is 0 Å². The van der Waals surface area contributed by atoms with Gasteiger partial charge in [-0.15, -0.1) is 0 Å². The van der Waals surface area contributed by atoms with Crippen LogP contribution >= 0.6 is 0 Å². The van der Waals surface area contributed by atoms with Gasteiger partial charge in [0, 0.05) is 18.6 Å². The van der Waals surface area contributed by atoms with Gasteiger partial charge in [-0.2, -0.15) is 5.26 Å². The van der Waals surface area contributed by atoms with E-state index in [1.807, 2.05) is 4.90 Å². The Hall–Kier alpha value is -1.08. The van der Waals surface area contributed by atoms with Crippen molar-refractivity contribution in [3.8, 4) is 6.07 Å². The molecular formula is C12H21N3O. The minimum atomic E-state index is -0.310. The van der Waals surface area contributed by atoms with Crippen molar-refractivity contribution in [2.75, 3.05) is 13.1 Å². The molecule has 1 aliphatic rings. The molecule has 0 aliphatic carbocycles. The van der Waals surface area contributed by atoms with Crippen molar-refractivity contribution in [2.24, 2.45) is 0 Å². The molecule has 0 saturated carbocycles. The van der Waals surface area contributed by atoms with Crippen molar-refractivity contribution in [3.63, 3.8) is 0 Å². The highest BCUT2D eigenvalue weighted by Gasteiger charge is 2.39. The number of carbonyl (C=O) groups excluding carboxylic acids is 1. The first-order valence-electron chi connectivity index (χ1n) is 5.94. The van der Waals surface area contributed by atoms with E-state index in [-0.39, 0.29) is 23.9 Å². The molecule has 1 fully saturated rings. The molecule has 0 aromatic carbocycles. The molecular weight excluding hydrogens is 202 g/mol. The van der Waals surface area contributed by atoms with Gasteiger partial charge in [-0.1, -0.05) is 13.3 Å². The summed E-state index contributed by atoms with van der Waals surface area (Å²) in [5.74, 6) is 0.0752. The molecule has 1 atom stereocenters. The summed E-state index contributed by atoms with van der Waals surface area (Å²) < 4.78 is 0. The molecule has 0 bridgehead atoms. The Balaban J connectivity index is 2.73. The van der Waals surface area contributed by atoms with Gasteiger partial charge >= 0.3 is 0 Å². The van der Waals surface area contributed by atoms with Gasteiger partial charge in [0.05, 0.1) is 12.5 Å². The molecule has 0 radical (unpaired) electrons. The zero-order valence-corrected chi connectivity index (χ0v) is 10.4. The molecule has 0 aromatic heterocycles. The molecule has 1 rings (SSSR count). The fourth-order valence-corrected chi connectivity index (χ4v) is 2.02. The molecule has 1 heterocycles. The van der Waals surface area contributed by atoms with E-state index in [2.05, 4.69) is 32.2 Å². The smallest absolute Gasteiger partial charge is 0.241 e. The maximum absolute atomic E-state index is 12.1. The number of hydrogen-bond acceptors (Lipinski definition) is 3. The van der Waals surface area contributed by atoms with Crippen LogP contribution in [0.3, 0.4) is 0 Å². The van der Waals surface area contributed by atoms with E-state index in [0.717, 1.165) is 25.9 Å². The van der Waals surface area contributed by atoms with Gasteiger partial charge in [-0.25, -0.2) is 0 Å². The molecule has 16 heavy (non-hydrogen) atoms. The van der Waals surface area contributed by atoms with Crippen LogP contribution in [0.15, 0.2) is 0 Å². The maximum atomic E-state index is 12.1. The Morgan fingerprint density at radius 2 is 2.31 bits per heavy atom. The molecule has 1 unspecified atom stereocenters. The topological polar surface area (TPSA) is 56.1 Å². The number of piperazine rings is 1. The third-order valence-electron chi connectivity index (χ3n) is 3.11. The van der Waals surface area contributed by atoms with Crippen LogP contribution in [0.4, 0.5) is 0 Å². The Kier molecular flexibility index (Phi) is 4.31. The summed E-state index contributed by atoms with van der Waals surface area (Å²) in [6.45, 7) is 7.81. The van der Waals surface area contributed by atoms with Gasteiger partial charge < -0.3 is 10.2 Å². The van der Waals surface area contributed by atoms with Crippen molar-refractivity contribution >= 4 is 5.91 Å². The molecule has 1 aliphatic heterocycles. The highest BCUT2D eigenvalue weighted by Crippen LogP contribution is 2.21. The largest absolute Gasteiger partial charge is 0.335 e. The fourth-order valence-electron chi connectivity index (χ4n) is 2.02. The Labute approximate surface area is 97.6 Å². The average molecular weight is 223 g/mol. The van der Waals surface area contributed by atoms with Gasteiger partial charge in [0.1, 0.15) is 6.04 Å². The number of unbranched alkanes of at least 4 members (excludes halogenated alkanes) is 1. The monoisotopic (exact) mass is 223 g/mol. The number of hydrogen-bond donors (Lipinski definition) is 1. The van der Waals surface area contributed by atoms with Gasteiger partial charge in [-0.05, 0) is 20.3 Å². The lowest BCUT2D eigenvalue weighted by Gasteiger charge is -2.45. The van der Waals surface area contributed by atoms with Crippen LogP contribution in [0.5, 0.6) is 0 Å². The normalized spacial score (nSPS) is 24.2. The second kappa shape index (κ2) is 5.31. The van der Waals surface area contributed by atoms with E-state index in [0.29, 0.717) is 0 Å². The first kappa shape index (κ1) is 13.0. The van der Waals surface area contributed by atoms with Crippen LogP contribution < -0.4 is 5.32 Å². The van der Waals surface area contributed by atoms with E-state index in [4.69, 9.17) is 5.26 Å². The van der Waals surface area contributed by atoms with Crippen LogP contribution in [0, 0.1) is 11.3 Å². The molecule has 0 spiro atoms. The van der Waals surface area contributed by atoms with Crippen LogP contribution in [0.1, 0.15) is 40.0 Å². The summed E-state index contributed by atoms with van der Waals surface area (Å²) in [5, 5.41) is 11.8. The summed E-state index contributed by atoms with van der Waals surface area (Å²) in [7, 11) is 0. The second-order valence-corrected chi connectivity index (χ2v) is 4.95. The van der Waals surface area contributed by atoms with Gasteiger partial charge in [0.2, 0.25) is 5.91 Å². The van der Waals surface area contributed by atoms with Gasteiger partial charge in [0.25, 0.3) is 0 Å². The van der Waals surface area contributed by atoms with E-state index < -0.39 is 0 Å².